The minimum atomic E-state index is -0.109. The van der Waals surface area contributed by atoms with Crippen LogP contribution in [-0.2, 0) is 22.4 Å². The number of hydrogen-bond donors (Lipinski definition) is 2. The molecule has 0 spiro atoms. The van der Waals surface area contributed by atoms with Crippen LogP contribution in [0.4, 0.5) is 0 Å². The summed E-state index contributed by atoms with van der Waals surface area (Å²) in [6.45, 7) is 8.66. The number of nitrogens with one attached hydrogen (secondary N) is 2. The highest BCUT2D eigenvalue weighted by atomic mass is 16.2. The first kappa shape index (κ1) is 21.6. The van der Waals surface area contributed by atoms with Gasteiger partial charge in [0.25, 0.3) is 0 Å². The van der Waals surface area contributed by atoms with E-state index in [-0.39, 0.29) is 29.4 Å². The molecule has 2 amide bonds. The SMILES string of the molecule is CC(=O)NCCNC(=O)Cc1c2c(n(C3CCCCC3)c1C)CC(C)(C)CC2=O. The zero-order valence-electron chi connectivity index (χ0n) is 18.3. The van der Waals surface area contributed by atoms with Gasteiger partial charge >= 0.3 is 0 Å². The van der Waals surface area contributed by atoms with Crippen molar-refractivity contribution in [3.63, 3.8) is 0 Å². The molecule has 2 aliphatic carbocycles. The second-order valence-electron chi connectivity index (χ2n) is 9.50. The van der Waals surface area contributed by atoms with E-state index in [4.69, 9.17) is 0 Å². The maximum absolute atomic E-state index is 13.1. The molecule has 0 aromatic carbocycles. The van der Waals surface area contributed by atoms with Crippen LogP contribution in [0.2, 0.25) is 0 Å². The lowest BCUT2D eigenvalue weighted by atomic mass is 9.75. The van der Waals surface area contributed by atoms with E-state index in [9.17, 15) is 14.4 Å². The number of carbonyl (C=O) groups is 3. The summed E-state index contributed by atoms with van der Waals surface area (Å²) in [5.74, 6) is -0.0310. The second kappa shape index (κ2) is 8.72. The third-order valence-electron chi connectivity index (χ3n) is 6.34. The number of Topliss-reactive ketones (excluding diaryl/α,β-unsaturated/α-hetero) is 1. The summed E-state index contributed by atoms with van der Waals surface area (Å²) in [4.78, 5) is 36.6. The fraction of sp³-hybridized carbons (Fsp3) is 0.696. The van der Waals surface area contributed by atoms with Crippen molar-refractivity contribution in [1.82, 2.24) is 15.2 Å². The van der Waals surface area contributed by atoms with Crippen LogP contribution in [0, 0.1) is 12.3 Å². The first-order valence-electron chi connectivity index (χ1n) is 11.0. The molecule has 0 radical (unpaired) electrons. The smallest absolute Gasteiger partial charge is 0.224 e. The molecule has 1 aromatic rings. The maximum atomic E-state index is 13.1. The quantitative estimate of drug-likeness (QED) is 0.718. The van der Waals surface area contributed by atoms with Gasteiger partial charge in [-0.15, -0.1) is 0 Å². The van der Waals surface area contributed by atoms with Gasteiger partial charge in [-0.3, -0.25) is 14.4 Å². The summed E-state index contributed by atoms with van der Waals surface area (Å²) in [6.07, 6.45) is 7.69. The zero-order chi connectivity index (χ0) is 21.2. The van der Waals surface area contributed by atoms with Crippen molar-refractivity contribution in [1.29, 1.82) is 0 Å². The van der Waals surface area contributed by atoms with Crippen LogP contribution < -0.4 is 10.6 Å². The normalized spacial score (nSPS) is 19.0. The first-order valence-corrected chi connectivity index (χ1v) is 11.0. The van der Waals surface area contributed by atoms with E-state index >= 15 is 0 Å². The van der Waals surface area contributed by atoms with Crippen LogP contribution in [-0.4, -0.2) is 35.3 Å². The van der Waals surface area contributed by atoms with Crippen molar-refractivity contribution >= 4 is 17.6 Å². The molecule has 1 saturated carbocycles. The van der Waals surface area contributed by atoms with Gasteiger partial charge in [-0.25, -0.2) is 0 Å². The monoisotopic (exact) mass is 401 g/mol. The Morgan fingerprint density at radius 3 is 2.38 bits per heavy atom. The van der Waals surface area contributed by atoms with Gasteiger partial charge in [0, 0.05) is 49.4 Å². The summed E-state index contributed by atoms with van der Waals surface area (Å²) < 4.78 is 2.41. The topological polar surface area (TPSA) is 80.2 Å². The maximum Gasteiger partial charge on any atom is 0.224 e. The van der Waals surface area contributed by atoms with E-state index in [0.29, 0.717) is 25.6 Å². The molecule has 3 rings (SSSR count). The number of fused-ring (bicyclic) bond motifs is 1. The molecule has 0 saturated heterocycles. The number of rotatable bonds is 6. The fourth-order valence-electron chi connectivity index (χ4n) is 5.08. The third kappa shape index (κ3) is 4.90. The van der Waals surface area contributed by atoms with E-state index in [1.165, 1.54) is 26.2 Å². The minimum Gasteiger partial charge on any atom is -0.355 e. The average Bonchev–Trinajstić information content (AvgIpc) is 2.90. The third-order valence-corrected chi connectivity index (χ3v) is 6.34. The number of carbonyl (C=O) groups excluding carboxylic acids is 3. The number of ketones is 1. The molecular weight excluding hydrogens is 366 g/mol. The van der Waals surface area contributed by atoms with Crippen molar-refractivity contribution in [3.05, 3.63) is 22.5 Å². The van der Waals surface area contributed by atoms with Crippen molar-refractivity contribution in [2.75, 3.05) is 13.1 Å². The largest absolute Gasteiger partial charge is 0.355 e. The highest BCUT2D eigenvalue weighted by Crippen LogP contribution is 2.42. The fourth-order valence-corrected chi connectivity index (χ4v) is 5.08. The van der Waals surface area contributed by atoms with E-state index in [2.05, 4.69) is 36.0 Å². The Morgan fingerprint density at radius 2 is 1.72 bits per heavy atom. The van der Waals surface area contributed by atoms with Crippen molar-refractivity contribution in [2.45, 2.75) is 85.1 Å². The molecule has 160 valence electrons. The summed E-state index contributed by atoms with van der Waals surface area (Å²) in [5.41, 5.74) is 3.91. The number of nitrogens with zero attached hydrogens (tertiary/aromatic N) is 1. The van der Waals surface area contributed by atoms with E-state index in [1.54, 1.807) is 0 Å². The molecular formula is C23H35N3O3. The Balaban J connectivity index is 1.87. The highest BCUT2D eigenvalue weighted by molar-refractivity contribution is 6.01. The molecule has 0 unspecified atom stereocenters. The number of amides is 2. The molecule has 1 heterocycles. The Hall–Kier alpha value is -2.11. The van der Waals surface area contributed by atoms with E-state index in [0.717, 1.165) is 41.8 Å². The zero-order valence-corrected chi connectivity index (χ0v) is 18.3. The molecule has 0 bridgehead atoms. The van der Waals surface area contributed by atoms with Crippen LogP contribution in [0.15, 0.2) is 0 Å². The van der Waals surface area contributed by atoms with Gasteiger partial charge in [-0.1, -0.05) is 33.1 Å². The Kier molecular flexibility index (Phi) is 6.49. The van der Waals surface area contributed by atoms with Crippen molar-refractivity contribution in [3.8, 4) is 0 Å². The van der Waals surface area contributed by atoms with E-state index in [1.807, 2.05) is 0 Å². The Morgan fingerprint density at radius 1 is 1.07 bits per heavy atom. The molecule has 0 aliphatic heterocycles. The first-order chi connectivity index (χ1) is 13.7. The molecule has 6 nitrogen and oxygen atoms in total. The van der Waals surface area contributed by atoms with Crippen LogP contribution in [0.5, 0.6) is 0 Å². The highest BCUT2D eigenvalue weighted by Gasteiger charge is 2.38. The Bertz CT molecular complexity index is 801. The average molecular weight is 402 g/mol. The number of hydrogen-bond acceptors (Lipinski definition) is 3. The van der Waals surface area contributed by atoms with Crippen LogP contribution in [0.25, 0.3) is 0 Å². The molecule has 2 aliphatic rings. The van der Waals surface area contributed by atoms with Gasteiger partial charge in [0.1, 0.15) is 0 Å². The Labute approximate surface area is 173 Å². The molecule has 1 aromatic heterocycles. The lowest BCUT2D eigenvalue weighted by molar-refractivity contribution is -0.121. The van der Waals surface area contributed by atoms with Gasteiger partial charge in [0.15, 0.2) is 5.78 Å². The standard InChI is InChI=1S/C23H35N3O3/c1-15-18(12-21(29)25-11-10-24-16(2)27)22-19(13-23(3,4)14-20(22)28)26(15)17-8-6-5-7-9-17/h17H,5-14H2,1-4H3,(H,24,27)(H,25,29). The van der Waals surface area contributed by atoms with Gasteiger partial charge in [0.2, 0.25) is 11.8 Å². The predicted octanol–water partition coefficient (Wildman–Crippen LogP) is 3.25. The van der Waals surface area contributed by atoms with Crippen LogP contribution in [0.3, 0.4) is 0 Å². The lowest BCUT2D eigenvalue weighted by Crippen LogP contribution is -2.34. The van der Waals surface area contributed by atoms with Gasteiger partial charge in [0.05, 0.1) is 6.42 Å². The molecule has 6 heteroatoms. The summed E-state index contributed by atoms with van der Waals surface area (Å²) in [6, 6.07) is 0.441. The van der Waals surface area contributed by atoms with Gasteiger partial charge in [-0.2, -0.15) is 0 Å². The predicted molar refractivity (Wildman–Crippen MR) is 113 cm³/mol. The summed E-state index contributed by atoms with van der Waals surface area (Å²) in [5, 5.41) is 5.54. The van der Waals surface area contributed by atoms with E-state index < -0.39 is 0 Å². The second-order valence-corrected chi connectivity index (χ2v) is 9.50. The molecule has 29 heavy (non-hydrogen) atoms. The van der Waals surface area contributed by atoms with Gasteiger partial charge < -0.3 is 15.2 Å². The molecule has 2 N–H and O–H groups in total. The van der Waals surface area contributed by atoms with Crippen LogP contribution >= 0.6 is 0 Å². The van der Waals surface area contributed by atoms with Gasteiger partial charge in [-0.05, 0) is 37.2 Å². The van der Waals surface area contributed by atoms with Crippen molar-refractivity contribution < 1.29 is 14.4 Å². The number of aromatic nitrogens is 1. The molecule has 0 atom stereocenters. The van der Waals surface area contributed by atoms with Crippen molar-refractivity contribution in [2.24, 2.45) is 5.41 Å². The minimum absolute atomic E-state index is 0.0425. The van der Waals surface area contributed by atoms with Crippen LogP contribution in [0.1, 0.15) is 92.6 Å². The summed E-state index contributed by atoms with van der Waals surface area (Å²) >= 11 is 0. The lowest BCUT2D eigenvalue weighted by Gasteiger charge is -2.33. The summed E-state index contributed by atoms with van der Waals surface area (Å²) in [7, 11) is 0. The molecule has 1 fully saturated rings.